The Balaban J connectivity index is 2.70. The molecule has 1 rings (SSSR count). The summed E-state index contributed by atoms with van der Waals surface area (Å²) in [6.07, 6.45) is 1.62. The van der Waals surface area contributed by atoms with Gasteiger partial charge >= 0.3 is 5.32 Å². The number of hydrogen-bond donors (Lipinski definition) is 0. The molecule has 0 aliphatic carbocycles. The number of aryl methyl sites for hydroxylation is 1. The lowest BCUT2D eigenvalue weighted by atomic mass is 10.1. The zero-order chi connectivity index (χ0) is 9.90. The second-order valence-electron chi connectivity index (χ2n) is 2.88. The van der Waals surface area contributed by atoms with Crippen LogP contribution in [0.2, 0.25) is 0 Å². The van der Waals surface area contributed by atoms with Crippen LogP contribution in [0.4, 0.5) is 0 Å². The van der Waals surface area contributed by atoms with Crippen LogP contribution in [0.25, 0.3) is 0 Å². The molecule has 0 atom stereocenters. The average molecular weight is 257 g/mol. The van der Waals surface area contributed by atoms with Crippen molar-refractivity contribution in [3.8, 4) is 0 Å². The topological polar surface area (TPSA) is 0 Å². The first-order valence-corrected chi connectivity index (χ1v) is 8.75. The van der Waals surface area contributed by atoms with E-state index in [0.717, 1.165) is 12.0 Å². The van der Waals surface area contributed by atoms with Crippen molar-refractivity contribution in [1.29, 1.82) is 0 Å². The molecule has 0 aromatic heterocycles. The minimum atomic E-state index is -2.24. The molecule has 1 aromatic carbocycles. The lowest BCUT2D eigenvalue weighted by Crippen LogP contribution is -1.84. The zero-order valence-electron chi connectivity index (χ0n) is 7.30. The van der Waals surface area contributed by atoms with Gasteiger partial charge in [0, 0.05) is 0 Å². The highest BCUT2D eigenvalue weighted by Crippen LogP contribution is 2.75. The molecule has 0 aliphatic heterocycles. The molecule has 0 heterocycles. The van der Waals surface area contributed by atoms with Gasteiger partial charge in [-0.05, 0) is 17.5 Å². The summed E-state index contributed by atoms with van der Waals surface area (Å²) in [5, 5.41) is -2.24. The van der Waals surface area contributed by atoms with E-state index >= 15 is 0 Å². The summed E-state index contributed by atoms with van der Waals surface area (Å²) in [4.78, 5) is 0. The van der Waals surface area contributed by atoms with Crippen LogP contribution < -0.4 is 0 Å². The molecular weight excluding hydrogens is 245 g/mol. The van der Waals surface area contributed by atoms with Gasteiger partial charge in [-0.15, -0.1) is 0 Å². The average Bonchev–Trinajstić information content (AvgIpc) is 2.03. The Hall–Kier alpha value is 0.520. The van der Waals surface area contributed by atoms with Crippen LogP contribution >= 0.6 is 39.0 Å². The Bertz CT molecular complexity index is 263. The van der Waals surface area contributed by atoms with E-state index in [-0.39, 0.29) is 0 Å². The maximum absolute atomic E-state index is 5.78. The van der Waals surface area contributed by atoms with E-state index in [1.807, 2.05) is 12.1 Å². The predicted octanol–water partition coefficient (Wildman–Crippen LogP) is 5.23. The lowest BCUT2D eigenvalue weighted by Gasteiger charge is -2.01. The molecule has 0 saturated carbocycles. The monoisotopic (exact) mass is 255 g/mol. The molecule has 0 unspecified atom stereocenters. The van der Waals surface area contributed by atoms with Crippen molar-refractivity contribution in [3.63, 3.8) is 0 Å². The van der Waals surface area contributed by atoms with E-state index in [2.05, 4.69) is 19.1 Å². The Kier molecular flexibility index (Phi) is 4.32. The zero-order valence-corrected chi connectivity index (χ0v) is 10.5. The second kappa shape index (κ2) is 4.84. The third-order valence-electron chi connectivity index (χ3n) is 1.79. The SMILES string of the molecule is CCc1ccc(C[P+](Cl)(Cl)Cl)cc1. The summed E-state index contributed by atoms with van der Waals surface area (Å²) in [5.74, 6) is 0. The van der Waals surface area contributed by atoms with Gasteiger partial charge in [0.15, 0.2) is 0 Å². The summed E-state index contributed by atoms with van der Waals surface area (Å²) < 4.78 is 0. The van der Waals surface area contributed by atoms with Gasteiger partial charge in [0.1, 0.15) is 39.9 Å². The van der Waals surface area contributed by atoms with E-state index in [1.54, 1.807) is 0 Å². The fourth-order valence-corrected chi connectivity index (χ4v) is 2.95. The van der Waals surface area contributed by atoms with Crippen molar-refractivity contribution in [2.45, 2.75) is 19.5 Å². The third-order valence-corrected chi connectivity index (χ3v) is 3.59. The molecule has 0 bridgehead atoms. The molecule has 0 fully saturated rings. The highest BCUT2D eigenvalue weighted by atomic mass is 36.1. The van der Waals surface area contributed by atoms with Gasteiger partial charge < -0.3 is 0 Å². The van der Waals surface area contributed by atoms with Gasteiger partial charge in [0.2, 0.25) is 0 Å². The fourth-order valence-electron chi connectivity index (χ4n) is 1.09. The molecule has 0 nitrogen and oxygen atoms in total. The van der Waals surface area contributed by atoms with Gasteiger partial charge in [-0.25, -0.2) is 0 Å². The van der Waals surface area contributed by atoms with Crippen molar-refractivity contribution in [3.05, 3.63) is 35.4 Å². The molecule has 0 radical (unpaired) electrons. The molecule has 13 heavy (non-hydrogen) atoms. The van der Waals surface area contributed by atoms with Crippen LogP contribution in [-0.2, 0) is 12.6 Å². The maximum Gasteiger partial charge on any atom is 0.312 e. The van der Waals surface area contributed by atoms with E-state index < -0.39 is 5.32 Å². The Morgan fingerprint density at radius 2 is 1.46 bits per heavy atom. The Labute approximate surface area is 93.9 Å². The summed E-state index contributed by atoms with van der Waals surface area (Å²) in [5.41, 5.74) is 2.41. The van der Waals surface area contributed by atoms with E-state index in [0.29, 0.717) is 6.16 Å². The quantitative estimate of drug-likeness (QED) is 0.650. The summed E-state index contributed by atoms with van der Waals surface area (Å²) >= 11 is 17.3. The molecule has 0 amide bonds. The number of halogens is 3. The van der Waals surface area contributed by atoms with Crippen molar-refractivity contribution in [2.24, 2.45) is 0 Å². The normalized spacial score (nSPS) is 11.7. The van der Waals surface area contributed by atoms with Gasteiger partial charge in [0.05, 0.1) is 0 Å². The molecule has 0 aliphatic rings. The smallest absolute Gasteiger partial charge is 0.0613 e. The minimum Gasteiger partial charge on any atom is -0.0613 e. The van der Waals surface area contributed by atoms with Gasteiger partial charge in [-0.2, -0.15) is 0 Å². The first kappa shape index (κ1) is 11.6. The summed E-state index contributed by atoms with van der Waals surface area (Å²) in [6, 6.07) is 8.22. The van der Waals surface area contributed by atoms with Crippen molar-refractivity contribution in [1.82, 2.24) is 0 Å². The summed E-state index contributed by atoms with van der Waals surface area (Å²) in [6.45, 7) is 2.12. The molecule has 0 N–H and O–H groups in total. The molecule has 72 valence electrons. The first-order chi connectivity index (χ1) is 6.01. The van der Waals surface area contributed by atoms with E-state index in [1.165, 1.54) is 5.56 Å². The molecule has 4 heteroatoms. The first-order valence-electron chi connectivity index (χ1n) is 4.06. The van der Waals surface area contributed by atoms with Crippen LogP contribution in [-0.4, -0.2) is 0 Å². The van der Waals surface area contributed by atoms with Crippen LogP contribution in [0, 0.1) is 0 Å². The molecular formula is C9H11Cl3P+. The third kappa shape index (κ3) is 4.51. The van der Waals surface area contributed by atoms with Crippen LogP contribution in [0.5, 0.6) is 0 Å². The maximum atomic E-state index is 5.78. The van der Waals surface area contributed by atoms with E-state index in [9.17, 15) is 0 Å². The van der Waals surface area contributed by atoms with Crippen molar-refractivity contribution in [2.75, 3.05) is 0 Å². The predicted molar refractivity (Wildman–Crippen MR) is 64.0 cm³/mol. The van der Waals surface area contributed by atoms with Crippen LogP contribution in [0.3, 0.4) is 0 Å². The van der Waals surface area contributed by atoms with Crippen molar-refractivity contribution >= 4 is 39.0 Å². The van der Waals surface area contributed by atoms with Crippen molar-refractivity contribution < 1.29 is 0 Å². The Morgan fingerprint density at radius 1 is 1.00 bits per heavy atom. The van der Waals surface area contributed by atoms with Crippen LogP contribution in [0.15, 0.2) is 24.3 Å². The van der Waals surface area contributed by atoms with Gasteiger partial charge in [0.25, 0.3) is 0 Å². The lowest BCUT2D eigenvalue weighted by molar-refractivity contribution is 1.13. The standard InChI is InChI=1S/C9H11Cl3P/c1-2-8-3-5-9(6-4-8)7-13(10,11)12/h3-6H,2,7H2,1H3/q+1. The molecule has 1 aromatic rings. The second-order valence-corrected chi connectivity index (χ2v) is 11.0. The summed E-state index contributed by atoms with van der Waals surface area (Å²) in [7, 11) is 0. The number of hydrogen-bond acceptors (Lipinski definition) is 0. The highest BCUT2D eigenvalue weighted by Gasteiger charge is 2.32. The highest BCUT2D eigenvalue weighted by molar-refractivity contribution is 8.32. The number of rotatable bonds is 3. The van der Waals surface area contributed by atoms with E-state index in [4.69, 9.17) is 33.7 Å². The number of benzene rings is 1. The fraction of sp³-hybridized carbons (Fsp3) is 0.333. The largest absolute Gasteiger partial charge is 0.312 e. The minimum absolute atomic E-state index is 0.571. The van der Waals surface area contributed by atoms with Gasteiger partial charge in [-0.3, -0.25) is 0 Å². The van der Waals surface area contributed by atoms with Crippen LogP contribution in [0.1, 0.15) is 18.1 Å². The molecule has 0 spiro atoms. The van der Waals surface area contributed by atoms with Gasteiger partial charge in [-0.1, -0.05) is 31.2 Å². The Morgan fingerprint density at radius 3 is 1.85 bits per heavy atom. The molecule has 0 saturated heterocycles.